The average Bonchev–Trinajstić information content (AvgIpc) is 3.71. The fourth-order valence-electron chi connectivity index (χ4n) is 9.86. The van der Waals surface area contributed by atoms with Gasteiger partial charge in [-0.15, -0.1) is 0 Å². The molecule has 1 heteroatoms. The van der Waals surface area contributed by atoms with E-state index in [2.05, 4.69) is 110 Å². The molecule has 0 aliphatic heterocycles. The Hall–Kier alpha value is -3.42. The van der Waals surface area contributed by atoms with Crippen molar-refractivity contribution in [1.29, 1.82) is 0 Å². The Bertz CT molecular complexity index is 1630. The van der Waals surface area contributed by atoms with Gasteiger partial charge in [-0.3, -0.25) is 0 Å². The summed E-state index contributed by atoms with van der Waals surface area (Å²) in [7, 11) is -2.20. The molecule has 0 amide bonds. The van der Waals surface area contributed by atoms with E-state index in [0.717, 1.165) is 24.7 Å². The Labute approximate surface area is 272 Å². The lowest BCUT2D eigenvalue weighted by molar-refractivity contribution is 0.400. The standard InChI is InChI=1S/C44H48Si/c1-45(2,43-39(33-21-11-5-12-22-33)29-35-25-15-27-37(41(35)43)31-17-7-3-8-18-31)44-40(34-23-13-6-14-24-34)30-36-26-16-28-38(42(36)44)32-19-9-4-10-20-32/h3-4,7-10,15-20,25-28,33-34H,5-6,11-14,21-24,29-30H2,1-2H3. The summed E-state index contributed by atoms with van der Waals surface area (Å²) >= 11 is 0. The van der Waals surface area contributed by atoms with E-state index < -0.39 is 8.07 Å². The van der Waals surface area contributed by atoms with Gasteiger partial charge in [0.2, 0.25) is 0 Å². The highest BCUT2D eigenvalue weighted by molar-refractivity contribution is 7.09. The second-order valence-corrected chi connectivity index (χ2v) is 19.1. The monoisotopic (exact) mass is 604 g/mol. The Morgan fingerprint density at radius 2 is 0.844 bits per heavy atom. The van der Waals surface area contributed by atoms with Crippen LogP contribution in [0.25, 0.3) is 32.6 Å². The Balaban J connectivity index is 1.39. The van der Waals surface area contributed by atoms with Crippen molar-refractivity contribution in [3.8, 4) is 22.3 Å². The van der Waals surface area contributed by atoms with Gasteiger partial charge in [-0.2, -0.15) is 0 Å². The van der Waals surface area contributed by atoms with Crippen molar-refractivity contribution in [3.63, 3.8) is 0 Å². The molecule has 2 saturated carbocycles. The maximum atomic E-state index is 2.76. The van der Waals surface area contributed by atoms with Crippen molar-refractivity contribution in [2.75, 3.05) is 0 Å². The fraction of sp³-hybridized carbons (Fsp3) is 0.364. The summed E-state index contributed by atoms with van der Waals surface area (Å²) in [5.74, 6) is 1.47. The maximum absolute atomic E-state index is 2.76. The summed E-state index contributed by atoms with van der Waals surface area (Å²) < 4.78 is 0. The summed E-state index contributed by atoms with van der Waals surface area (Å²) in [5, 5.41) is 3.62. The van der Waals surface area contributed by atoms with E-state index in [4.69, 9.17) is 0 Å². The van der Waals surface area contributed by atoms with E-state index in [0.29, 0.717) is 0 Å². The summed E-state index contributed by atoms with van der Waals surface area (Å²) in [4.78, 5) is 0. The van der Waals surface area contributed by atoms with Crippen LogP contribution in [-0.4, -0.2) is 8.07 Å². The molecule has 4 aromatic carbocycles. The third kappa shape index (κ3) is 5.12. The van der Waals surface area contributed by atoms with E-state index in [-0.39, 0.29) is 0 Å². The Morgan fingerprint density at radius 1 is 0.444 bits per heavy atom. The first-order valence-corrected chi connectivity index (χ1v) is 20.9. The molecule has 0 nitrogen and oxygen atoms in total. The van der Waals surface area contributed by atoms with E-state index >= 15 is 0 Å². The fourth-order valence-corrected chi connectivity index (χ4v) is 14.1. The van der Waals surface area contributed by atoms with Crippen molar-refractivity contribution >= 4 is 18.5 Å². The summed E-state index contributed by atoms with van der Waals surface area (Å²) in [5.41, 5.74) is 15.7. The van der Waals surface area contributed by atoms with Gasteiger partial charge in [-0.1, -0.05) is 160 Å². The summed E-state index contributed by atoms with van der Waals surface area (Å²) in [6, 6.07) is 37.0. The van der Waals surface area contributed by atoms with Gasteiger partial charge in [-0.05, 0) is 105 Å². The molecular weight excluding hydrogens is 557 g/mol. The van der Waals surface area contributed by atoms with Gasteiger partial charge in [0.25, 0.3) is 0 Å². The zero-order valence-corrected chi connectivity index (χ0v) is 28.4. The topological polar surface area (TPSA) is 0 Å². The van der Waals surface area contributed by atoms with Crippen molar-refractivity contribution < 1.29 is 0 Å². The Kier molecular flexibility index (Phi) is 7.78. The van der Waals surface area contributed by atoms with Gasteiger partial charge in [-0.25, -0.2) is 0 Å². The quantitative estimate of drug-likeness (QED) is 0.192. The highest BCUT2D eigenvalue weighted by atomic mass is 28.3. The smallest absolute Gasteiger partial charge is 0.0624 e. The van der Waals surface area contributed by atoms with Crippen molar-refractivity contribution in [2.24, 2.45) is 11.8 Å². The second kappa shape index (κ2) is 12.1. The predicted molar refractivity (Wildman–Crippen MR) is 196 cm³/mol. The first kappa shape index (κ1) is 29.0. The van der Waals surface area contributed by atoms with Gasteiger partial charge in [0, 0.05) is 0 Å². The number of benzene rings is 4. The van der Waals surface area contributed by atoms with Crippen molar-refractivity contribution in [3.05, 3.63) is 130 Å². The van der Waals surface area contributed by atoms with Gasteiger partial charge in [0.15, 0.2) is 0 Å². The van der Waals surface area contributed by atoms with Crippen molar-refractivity contribution in [1.82, 2.24) is 0 Å². The van der Waals surface area contributed by atoms with E-state index in [1.807, 2.05) is 21.5 Å². The first-order chi connectivity index (χ1) is 22.1. The molecule has 4 aromatic rings. The molecule has 0 N–H and O–H groups in total. The highest BCUT2D eigenvalue weighted by Gasteiger charge is 2.45. The minimum atomic E-state index is -2.20. The molecule has 228 valence electrons. The normalized spacial score (nSPS) is 19.2. The second-order valence-electron chi connectivity index (χ2n) is 14.9. The molecule has 0 radical (unpaired) electrons. The minimum absolute atomic E-state index is 0.737. The largest absolute Gasteiger partial charge is 0.113 e. The summed E-state index contributed by atoms with van der Waals surface area (Å²) in [6.07, 6.45) is 16.2. The maximum Gasteiger partial charge on any atom is 0.113 e. The van der Waals surface area contributed by atoms with Crippen LogP contribution in [0.15, 0.2) is 108 Å². The minimum Gasteiger partial charge on any atom is -0.0624 e. The third-order valence-corrected chi connectivity index (χ3v) is 15.5. The van der Waals surface area contributed by atoms with Gasteiger partial charge in [0.1, 0.15) is 8.07 Å². The van der Waals surface area contributed by atoms with Crippen LogP contribution in [0.4, 0.5) is 0 Å². The number of rotatable bonds is 6. The van der Waals surface area contributed by atoms with Crippen LogP contribution in [0.2, 0.25) is 13.1 Å². The number of fused-ring (bicyclic) bond motifs is 2. The lowest BCUT2D eigenvalue weighted by Gasteiger charge is -2.36. The zero-order valence-electron chi connectivity index (χ0n) is 27.4. The lowest BCUT2D eigenvalue weighted by Crippen LogP contribution is -2.33. The lowest BCUT2D eigenvalue weighted by atomic mass is 9.83. The molecule has 4 aliphatic carbocycles. The molecule has 8 rings (SSSR count). The molecule has 0 unspecified atom stereocenters. The van der Waals surface area contributed by atoms with E-state index in [1.54, 1.807) is 22.3 Å². The average molecular weight is 605 g/mol. The molecule has 0 spiro atoms. The number of hydrogen-bond acceptors (Lipinski definition) is 0. The zero-order chi connectivity index (χ0) is 30.4. The Morgan fingerprint density at radius 3 is 1.24 bits per heavy atom. The predicted octanol–water partition coefficient (Wildman–Crippen LogP) is 12.3. The molecule has 0 atom stereocenters. The van der Waals surface area contributed by atoms with Crippen LogP contribution in [0.3, 0.4) is 0 Å². The molecular formula is C44H48Si. The molecule has 0 aromatic heterocycles. The first-order valence-electron chi connectivity index (χ1n) is 17.9. The van der Waals surface area contributed by atoms with Crippen LogP contribution in [0.5, 0.6) is 0 Å². The van der Waals surface area contributed by atoms with Gasteiger partial charge < -0.3 is 0 Å². The van der Waals surface area contributed by atoms with Crippen LogP contribution < -0.4 is 0 Å². The summed E-state index contributed by atoms with van der Waals surface area (Å²) in [6.45, 7) is 5.52. The molecule has 4 aliphatic rings. The molecule has 0 heterocycles. The molecule has 0 bridgehead atoms. The number of hydrogen-bond donors (Lipinski definition) is 0. The molecule has 0 saturated heterocycles. The SMILES string of the molecule is C[Si](C)(C1=C(C2CCCCC2)Cc2cccc(-c3ccccc3)c21)C1=C(C2CCCCC2)Cc2cccc(-c3ccccc3)c21. The van der Waals surface area contributed by atoms with Gasteiger partial charge >= 0.3 is 0 Å². The third-order valence-electron chi connectivity index (χ3n) is 11.8. The van der Waals surface area contributed by atoms with Crippen LogP contribution in [-0.2, 0) is 12.8 Å². The molecule has 2 fully saturated rings. The van der Waals surface area contributed by atoms with Crippen molar-refractivity contribution in [2.45, 2.75) is 90.1 Å². The van der Waals surface area contributed by atoms with E-state index in [1.165, 1.54) is 86.5 Å². The highest BCUT2D eigenvalue weighted by Crippen LogP contribution is 2.56. The van der Waals surface area contributed by atoms with Crippen LogP contribution in [0, 0.1) is 11.8 Å². The van der Waals surface area contributed by atoms with E-state index in [9.17, 15) is 0 Å². The van der Waals surface area contributed by atoms with Crippen LogP contribution >= 0.6 is 0 Å². The van der Waals surface area contributed by atoms with Gasteiger partial charge in [0.05, 0.1) is 0 Å². The number of allylic oxidation sites excluding steroid dienone is 2. The molecule has 45 heavy (non-hydrogen) atoms. The van der Waals surface area contributed by atoms with Crippen LogP contribution in [0.1, 0.15) is 86.5 Å².